The Labute approximate surface area is 113 Å². The lowest BCUT2D eigenvalue weighted by molar-refractivity contribution is 0.0382. The van der Waals surface area contributed by atoms with Crippen molar-refractivity contribution in [2.45, 2.75) is 26.8 Å². The van der Waals surface area contributed by atoms with Crippen molar-refractivity contribution in [2.24, 2.45) is 0 Å². The third-order valence-electron chi connectivity index (χ3n) is 3.31. The van der Waals surface area contributed by atoms with Crippen molar-refractivity contribution < 1.29 is 4.74 Å². The molecular formula is C13H23N3OS. The van der Waals surface area contributed by atoms with Crippen LogP contribution in [0.3, 0.4) is 0 Å². The van der Waals surface area contributed by atoms with Crippen LogP contribution in [0.4, 0.5) is 0 Å². The molecule has 1 aromatic rings. The van der Waals surface area contributed by atoms with Crippen LogP contribution in [-0.4, -0.2) is 49.3 Å². The van der Waals surface area contributed by atoms with Gasteiger partial charge in [-0.25, -0.2) is 4.98 Å². The number of rotatable bonds is 5. The van der Waals surface area contributed by atoms with Gasteiger partial charge in [-0.3, -0.25) is 4.90 Å². The topological polar surface area (TPSA) is 37.4 Å². The first-order valence-corrected chi connectivity index (χ1v) is 7.46. The number of aromatic nitrogens is 1. The smallest absolute Gasteiger partial charge is 0.0900 e. The summed E-state index contributed by atoms with van der Waals surface area (Å²) in [6.45, 7) is 12.4. The van der Waals surface area contributed by atoms with E-state index in [0.717, 1.165) is 44.4 Å². The number of nitrogens with zero attached hydrogens (tertiary/aromatic N) is 2. The van der Waals surface area contributed by atoms with Crippen molar-refractivity contribution in [3.8, 4) is 0 Å². The normalized spacial score (nSPS) is 19.1. The summed E-state index contributed by atoms with van der Waals surface area (Å²) in [7, 11) is 0. The highest BCUT2D eigenvalue weighted by atomic mass is 32.1. The zero-order valence-corrected chi connectivity index (χ0v) is 12.3. The Bertz CT molecular complexity index is 374. The van der Waals surface area contributed by atoms with E-state index in [9.17, 15) is 0 Å². The van der Waals surface area contributed by atoms with E-state index in [0.29, 0.717) is 6.04 Å². The molecule has 1 unspecified atom stereocenters. The molecule has 0 spiro atoms. The van der Waals surface area contributed by atoms with E-state index >= 15 is 0 Å². The average Bonchev–Trinajstić information content (AvgIpc) is 2.70. The van der Waals surface area contributed by atoms with Gasteiger partial charge in [0.15, 0.2) is 0 Å². The van der Waals surface area contributed by atoms with Crippen molar-refractivity contribution in [1.29, 1.82) is 0 Å². The molecule has 0 amide bonds. The van der Waals surface area contributed by atoms with Crippen LogP contribution >= 0.6 is 11.3 Å². The molecule has 1 atom stereocenters. The first-order chi connectivity index (χ1) is 8.66. The Kier molecular flexibility index (Phi) is 5.12. The van der Waals surface area contributed by atoms with Crippen LogP contribution in [0.15, 0.2) is 0 Å². The van der Waals surface area contributed by atoms with E-state index in [-0.39, 0.29) is 0 Å². The Balaban J connectivity index is 1.74. The number of thiazole rings is 1. The molecule has 2 rings (SSSR count). The van der Waals surface area contributed by atoms with Crippen molar-refractivity contribution >= 4 is 11.3 Å². The van der Waals surface area contributed by atoms with Crippen LogP contribution in [0.5, 0.6) is 0 Å². The van der Waals surface area contributed by atoms with Crippen LogP contribution in [0.1, 0.15) is 28.5 Å². The van der Waals surface area contributed by atoms with Crippen LogP contribution in [0.25, 0.3) is 0 Å². The highest BCUT2D eigenvalue weighted by molar-refractivity contribution is 7.11. The number of morpholine rings is 1. The highest BCUT2D eigenvalue weighted by Gasteiger charge is 2.14. The van der Waals surface area contributed by atoms with E-state index in [1.807, 2.05) is 0 Å². The van der Waals surface area contributed by atoms with Crippen LogP contribution in [-0.2, 0) is 4.74 Å². The Morgan fingerprint density at radius 2 is 2.11 bits per heavy atom. The first kappa shape index (κ1) is 13.9. The van der Waals surface area contributed by atoms with Crippen molar-refractivity contribution in [2.75, 3.05) is 39.4 Å². The van der Waals surface area contributed by atoms with Gasteiger partial charge in [0, 0.05) is 37.1 Å². The van der Waals surface area contributed by atoms with E-state index in [1.54, 1.807) is 11.3 Å². The third-order valence-corrected chi connectivity index (χ3v) is 4.57. The molecule has 1 aromatic heterocycles. The molecule has 5 heteroatoms. The standard InChI is InChI=1S/C13H23N3OS/c1-10(13-11(2)15-12(3)18-13)14-4-5-16-6-8-17-9-7-16/h10,14H,4-9H2,1-3H3. The predicted octanol–water partition coefficient (Wildman–Crippen LogP) is 1.74. The highest BCUT2D eigenvalue weighted by Crippen LogP contribution is 2.24. The number of hydrogen-bond acceptors (Lipinski definition) is 5. The molecule has 0 radical (unpaired) electrons. The Hall–Kier alpha value is -0.490. The van der Waals surface area contributed by atoms with Gasteiger partial charge in [-0.1, -0.05) is 0 Å². The summed E-state index contributed by atoms with van der Waals surface area (Å²) in [6.07, 6.45) is 0. The number of nitrogens with one attached hydrogen (secondary N) is 1. The minimum atomic E-state index is 0.400. The summed E-state index contributed by atoms with van der Waals surface area (Å²) in [6, 6.07) is 0.400. The minimum Gasteiger partial charge on any atom is -0.379 e. The zero-order valence-electron chi connectivity index (χ0n) is 11.5. The van der Waals surface area contributed by atoms with Gasteiger partial charge in [-0.05, 0) is 20.8 Å². The van der Waals surface area contributed by atoms with E-state index in [4.69, 9.17) is 4.74 Å². The second kappa shape index (κ2) is 6.61. The fourth-order valence-electron chi connectivity index (χ4n) is 2.31. The zero-order chi connectivity index (χ0) is 13.0. The molecular weight excluding hydrogens is 246 g/mol. The Morgan fingerprint density at radius 3 is 2.72 bits per heavy atom. The largest absolute Gasteiger partial charge is 0.379 e. The number of ether oxygens (including phenoxy) is 1. The molecule has 1 aliphatic heterocycles. The van der Waals surface area contributed by atoms with Crippen LogP contribution in [0.2, 0.25) is 0 Å². The fourth-order valence-corrected chi connectivity index (χ4v) is 3.26. The summed E-state index contributed by atoms with van der Waals surface area (Å²) in [5.41, 5.74) is 1.17. The quantitative estimate of drug-likeness (QED) is 0.883. The SMILES string of the molecule is Cc1nc(C)c(C(C)NCCN2CCOCC2)s1. The molecule has 2 heterocycles. The van der Waals surface area contributed by atoms with Crippen molar-refractivity contribution in [3.63, 3.8) is 0 Å². The molecule has 1 saturated heterocycles. The lowest BCUT2D eigenvalue weighted by Gasteiger charge is -2.27. The van der Waals surface area contributed by atoms with Crippen molar-refractivity contribution in [1.82, 2.24) is 15.2 Å². The molecule has 1 N–H and O–H groups in total. The van der Waals surface area contributed by atoms with Gasteiger partial charge >= 0.3 is 0 Å². The third kappa shape index (κ3) is 3.75. The van der Waals surface area contributed by atoms with Gasteiger partial charge in [-0.15, -0.1) is 11.3 Å². The van der Waals surface area contributed by atoms with Crippen LogP contribution < -0.4 is 5.32 Å². The lowest BCUT2D eigenvalue weighted by atomic mass is 10.2. The van der Waals surface area contributed by atoms with E-state index in [1.165, 1.54) is 10.6 Å². The molecule has 0 bridgehead atoms. The second-order valence-corrected chi connectivity index (χ2v) is 6.05. The summed E-state index contributed by atoms with van der Waals surface area (Å²) < 4.78 is 5.35. The molecule has 1 fully saturated rings. The molecule has 102 valence electrons. The van der Waals surface area contributed by atoms with Gasteiger partial charge in [0.2, 0.25) is 0 Å². The first-order valence-electron chi connectivity index (χ1n) is 6.64. The molecule has 0 saturated carbocycles. The summed E-state index contributed by atoms with van der Waals surface area (Å²) in [5, 5.41) is 4.75. The fraction of sp³-hybridized carbons (Fsp3) is 0.769. The van der Waals surface area contributed by atoms with E-state index in [2.05, 4.69) is 36.0 Å². The predicted molar refractivity (Wildman–Crippen MR) is 75.3 cm³/mol. The molecule has 18 heavy (non-hydrogen) atoms. The monoisotopic (exact) mass is 269 g/mol. The van der Waals surface area contributed by atoms with Gasteiger partial charge in [0.1, 0.15) is 0 Å². The number of aryl methyl sites for hydroxylation is 2. The summed E-state index contributed by atoms with van der Waals surface area (Å²) >= 11 is 1.80. The molecule has 4 nitrogen and oxygen atoms in total. The maximum absolute atomic E-state index is 5.35. The van der Waals surface area contributed by atoms with Gasteiger partial charge in [0.05, 0.1) is 23.9 Å². The van der Waals surface area contributed by atoms with Gasteiger partial charge in [0.25, 0.3) is 0 Å². The maximum atomic E-state index is 5.35. The molecule has 0 aromatic carbocycles. The van der Waals surface area contributed by atoms with Crippen molar-refractivity contribution in [3.05, 3.63) is 15.6 Å². The minimum absolute atomic E-state index is 0.400. The second-order valence-electron chi connectivity index (χ2n) is 4.81. The molecule has 0 aliphatic carbocycles. The average molecular weight is 269 g/mol. The van der Waals surface area contributed by atoms with Gasteiger partial charge in [-0.2, -0.15) is 0 Å². The Morgan fingerprint density at radius 1 is 1.39 bits per heavy atom. The van der Waals surface area contributed by atoms with Crippen LogP contribution in [0, 0.1) is 13.8 Å². The van der Waals surface area contributed by atoms with E-state index < -0.39 is 0 Å². The van der Waals surface area contributed by atoms with Gasteiger partial charge < -0.3 is 10.1 Å². The molecule has 1 aliphatic rings. The number of hydrogen-bond donors (Lipinski definition) is 1. The summed E-state index contributed by atoms with van der Waals surface area (Å²) in [4.78, 5) is 8.30. The maximum Gasteiger partial charge on any atom is 0.0900 e. The lowest BCUT2D eigenvalue weighted by Crippen LogP contribution is -2.40. The summed E-state index contributed by atoms with van der Waals surface area (Å²) in [5.74, 6) is 0.